The van der Waals surface area contributed by atoms with Crippen LogP contribution >= 0.6 is 0 Å². The van der Waals surface area contributed by atoms with E-state index >= 15 is 0 Å². The van der Waals surface area contributed by atoms with E-state index in [1.807, 2.05) is 19.9 Å². The van der Waals surface area contributed by atoms with Gasteiger partial charge in [-0.1, -0.05) is 13.8 Å². The maximum atomic E-state index is 12.0. The van der Waals surface area contributed by atoms with Crippen molar-refractivity contribution in [2.45, 2.75) is 26.2 Å². The SMILES string of the molecule is COc1ccc(C(=O)CCN)c(OC)c1C(C)C. The summed E-state index contributed by atoms with van der Waals surface area (Å²) in [5.74, 6) is 1.55. The summed E-state index contributed by atoms with van der Waals surface area (Å²) in [6.07, 6.45) is 0.320. The van der Waals surface area contributed by atoms with E-state index in [1.54, 1.807) is 20.3 Å². The quantitative estimate of drug-likeness (QED) is 0.788. The summed E-state index contributed by atoms with van der Waals surface area (Å²) in [7, 11) is 3.18. The summed E-state index contributed by atoms with van der Waals surface area (Å²) in [6, 6.07) is 3.54. The molecule has 0 radical (unpaired) electrons. The minimum Gasteiger partial charge on any atom is -0.496 e. The predicted octanol–water partition coefficient (Wildman–Crippen LogP) is 2.36. The predicted molar refractivity (Wildman–Crippen MR) is 71.6 cm³/mol. The highest BCUT2D eigenvalue weighted by Crippen LogP contribution is 2.38. The van der Waals surface area contributed by atoms with Gasteiger partial charge in [-0.25, -0.2) is 0 Å². The highest BCUT2D eigenvalue weighted by Gasteiger charge is 2.21. The second kappa shape index (κ2) is 6.40. The van der Waals surface area contributed by atoms with Crippen molar-refractivity contribution < 1.29 is 14.3 Å². The Morgan fingerprint density at radius 1 is 1.28 bits per heavy atom. The van der Waals surface area contributed by atoms with Crippen LogP contribution in [-0.2, 0) is 0 Å². The molecule has 1 rings (SSSR count). The Bertz CT molecular complexity index is 427. The molecule has 0 fully saturated rings. The molecule has 0 amide bonds. The highest BCUT2D eigenvalue weighted by atomic mass is 16.5. The van der Waals surface area contributed by atoms with Crippen molar-refractivity contribution in [3.63, 3.8) is 0 Å². The highest BCUT2D eigenvalue weighted by molar-refractivity contribution is 5.99. The smallest absolute Gasteiger partial charge is 0.167 e. The molecule has 0 saturated carbocycles. The number of hydrogen-bond donors (Lipinski definition) is 1. The van der Waals surface area contributed by atoms with E-state index in [0.717, 1.165) is 11.3 Å². The Morgan fingerprint density at radius 3 is 2.39 bits per heavy atom. The van der Waals surface area contributed by atoms with Crippen molar-refractivity contribution in [2.24, 2.45) is 5.73 Å². The van der Waals surface area contributed by atoms with Crippen LogP contribution in [0.25, 0.3) is 0 Å². The van der Waals surface area contributed by atoms with Crippen LogP contribution in [-0.4, -0.2) is 26.5 Å². The van der Waals surface area contributed by atoms with E-state index in [0.29, 0.717) is 24.3 Å². The lowest BCUT2D eigenvalue weighted by Crippen LogP contribution is -2.11. The molecule has 100 valence electrons. The summed E-state index contributed by atoms with van der Waals surface area (Å²) in [5.41, 5.74) is 6.92. The maximum absolute atomic E-state index is 12.0. The van der Waals surface area contributed by atoms with E-state index < -0.39 is 0 Å². The van der Waals surface area contributed by atoms with Crippen LogP contribution in [0, 0.1) is 0 Å². The fourth-order valence-electron chi connectivity index (χ4n) is 2.01. The first kappa shape index (κ1) is 14.5. The largest absolute Gasteiger partial charge is 0.496 e. The van der Waals surface area contributed by atoms with E-state index in [-0.39, 0.29) is 11.7 Å². The lowest BCUT2D eigenvalue weighted by atomic mass is 9.95. The first-order chi connectivity index (χ1) is 8.56. The first-order valence-electron chi connectivity index (χ1n) is 6.04. The summed E-state index contributed by atoms with van der Waals surface area (Å²) in [5, 5.41) is 0. The van der Waals surface area contributed by atoms with Gasteiger partial charge in [-0.2, -0.15) is 0 Å². The third kappa shape index (κ3) is 2.82. The van der Waals surface area contributed by atoms with Gasteiger partial charge >= 0.3 is 0 Å². The molecule has 0 aliphatic carbocycles. The van der Waals surface area contributed by atoms with Crippen LogP contribution in [0.4, 0.5) is 0 Å². The van der Waals surface area contributed by atoms with E-state index in [1.165, 1.54) is 0 Å². The second-order valence-electron chi connectivity index (χ2n) is 4.38. The van der Waals surface area contributed by atoms with Crippen molar-refractivity contribution in [2.75, 3.05) is 20.8 Å². The number of hydrogen-bond acceptors (Lipinski definition) is 4. The number of nitrogens with two attached hydrogens (primary N) is 1. The van der Waals surface area contributed by atoms with Crippen LogP contribution in [0.3, 0.4) is 0 Å². The number of benzene rings is 1. The zero-order chi connectivity index (χ0) is 13.7. The molecule has 0 atom stereocenters. The molecule has 0 aromatic heterocycles. The van der Waals surface area contributed by atoms with E-state index in [4.69, 9.17) is 15.2 Å². The molecule has 0 spiro atoms. The van der Waals surface area contributed by atoms with Crippen molar-refractivity contribution in [3.05, 3.63) is 23.3 Å². The van der Waals surface area contributed by atoms with Gasteiger partial charge in [0.1, 0.15) is 11.5 Å². The summed E-state index contributed by atoms with van der Waals surface area (Å²) in [4.78, 5) is 12.0. The molecular formula is C14H21NO3. The fourth-order valence-corrected chi connectivity index (χ4v) is 2.01. The topological polar surface area (TPSA) is 61.5 Å². The lowest BCUT2D eigenvalue weighted by molar-refractivity contribution is 0.0982. The number of ether oxygens (including phenoxy) is 2. The van der Waals surface area contributed by atoms with Gasteiger partial charge in [0.15, 0.2) is 5.78 Å². The average molecular weight is 251 g/mol. The van der Waals surface area contributed by atoms with Crippen molar-refractivity contribution in [1.82, 2.24) is 0 Å². The van der Waals surface area contributed by atoms with Crippen LogP contribution in [0.5, 0.6) is 11.5 Å². The molecule has 0 unspecified atom stereocenters. The van der Waals surface area contributed by atoms with E-state index in [9.17, 15) is 4.79 Å². The number of Topliss-reactive ketones (excluding diaryl/α,β-unsaturated/α-hetero) is 1. The molecule has 4 heteroatoms. The normalized spacial score (nSPS) is 10.6. The molecule has 0 saturated heterocycles. The number of ketones is 1. The monoisotopic (exact) mass is 251 g/mol. The van der Waals surface area contributed by atoms with E-state index in [2.05, 4.69) is 0 Å². The van der Waals surface area contributed by atoms with Gasteiger partial charge in [0, 0.05) is 12.0 Å². The molecule has 0 bridgehead atoms. The molecule has 0 heterocycles. The molecule has 4 nitrogen and oxygen atoms in total. The molecule has 1 aromatic carbocycles. The van der Waals surface area contributed by atoms with Gasteiger partial charge < -0.3 is 15.2 Å². The fraction of sp³-hybridized carbons (Fsp3) is 0.500. The van der Waals surface area contributed by atoms with Crippen LogP contribution in [0.15, 0.2) is 12.1 Å². The van der Waals surface area contributed by atoms with Gasteiger partial charge in [-0.3, -0.25) is 4.79 Å². The second-order valence-corrected chi connectivity index (χ2v) is 4.38. The Morgan fingerprint density at radius 2 is 1.94 bits per heavy atom. The summed E-state index contributed by atoms with van der Waals surface area (Å²) >= 11 is 0. The standard InChI is InChI=1S/C14H21NO3/c1-9(2)13-12(17-3)6-5-10(14(13)18-4)11(16)7-8-15/h5-6,9H,7-8,15H2,1-4H3. The van der Waals surface area contributed by atoms with Crippen LogP contribution in [0.1, 0.15) is 42.1 Å². The number of carbonyl (C=O) groups excluding carboxylic acids is 1. The van der Waals surface area contributed by atoms with Gasteiger partial charge in [-0.05, 0) is 24.6 Å². The Kier molecular flexibility index (Phi) is 5.16. The first-order valence-corrected chi connectivity index (χ1v) is 6.04. The molecule has 18 heavy (non-hydrogen) atoms. The molecular weight excluding hydrogens is 230 g/mol. The zero-order valence-electron chi connectivity index (χ0n) is 11.4. The van der Waals surface area contributed by atoms with Gasteiger partial charge in [0.25, 0.3) is 0 Å². The van der Waals surface area contributed by atoms with Gasteiger partial charge in [0.2, 0.25) is 0 Å². The molecule has 0 aliphatic rings. The van der Waals surface area contributed by atoms with Gasteiger partial charge in [0.05, 0.1) is 19.8 Å². The maximum Gasteiger partial charge on any atom is 0.167 e. The molecule has 1 aromatic rings. The van der Waals surface area contributed by atoms with Crippen LogP contribution in [0.2, 0.25) is 0 Å². The van der Waals surface area contributed by atoms with Crippen LogP contribution < -0.4 is 15.2 Å². The van der Waals surface area contributed by atoms with Crippen molar-refractivity contribution in [3.8, 4) is 11.5 Å². The minimum absolute atomic E-state index is 0.00102. The lowest BCUT2D eigenvalue weighted by Gasteiger charge is -2.18. The third-order valence-corrected chi connectivity index (χ3v) is 2.83. The Balaban J connectivity index is 3.37. The average Bonchev–Trinajstić information content (AvgIpc) is 2.36. The number of carbonyl (C=O) groups is 1. The number of rotatable bonds is 6. The summed E-state index contributed by atoms with van der Waals surface area (Å²) in [6.45, 7) is 4.42. The third-order valence-electron chi connectivity index (χ3n) is 2.83. The molecule has 2 N–H and O–H groups in total. The number of methoxy groups -OCH3 is 2. The summed E-state index contributed by atoms with van der Waals surface area (Å²) < 4.78 is 10.7. The van der Waals surface area contributed by atoms with Gasteiger partial charge in [-0.15, -0.1) is 0 Å². The van der Waals surface area contributed by atoms with Crippen molar-refractivity contribution >= 4 is 5.78 Å². The Labute approximate surface area is 108 Å². The van der Waals surface area contributed by atoms with Crippen molar-refractivity contribution in [1.29, 1.82) is 0 Å². The minimum atomic E-state index is -0.00102. The Hall–Kier alpha value is -1.55. The molecule has 0 aliphatic heterocycles. The zero-order valence-corrected chi connectivity index (χ0v) is 11.4.